The summed E-state index contributed by atoms with van der Waals surface area (Å²) >= 11 is 0. The fourth-order valence-corrected chi connectivity index (χ4v) is 4.54. The van der Waals surface area contributed by atoms with Gasteiger partial charge in [0.15, 0.2) is 11.5 Å². The molecule has 1 aromatic heterocycles. The van der Waals surface area contributed by atoms with Crippen molar-refractivity contribution in [3.63, 3.8) is 0 Å². The van der Waals surface area contributed by atoms with E-state index in [0.29, 0.717) is 29.5 Å². The van der Waals surface area contributed by atoms with Crippen molar-refractivity contribution >= 4 is 5.91 Å². The van der Waals surface area contributed by atoms with Crippen molar-refractivity contribution in [1.29, 1.82) is 0 Å². The number of amides is 1. The maximum Gasteiger partial charge on any atom is 0.254 e. The van der Waals surface area contributed by atoms with Gasteiger partial charge in [-0.25, -0.2) is 9.67 Å². The topological polar surface area (TPSA) is 69.5 Å². The zero-order valence-corrected chi connectivity index (χ0v) is 18.9. The molecule has 0 spiro atoms. The van der Waals surface area contributed by atoms with Crippen LogP contribution in [0, 0.1) is 5.92 Å². The molecule has 1 saturated carbocycles. The van der Waals surface area contributed by atoms with E-state index >= 15 is 0 Å². The van der Waals surface area contributed by atoms with E-state index in [0.717, 1.165) is 30.5 Å². The van der Waals surface area contributed by atoms with Crippen molar-refractivity contribution < 1.29 is 14.3 Å². The Labute approximate surface area is 189 Å². The van der Waals surface area contributed by atoms with Gasteiger partial charge in [0.05, 0.1) is 19.9 Å². The van der Waals surface area contributed by atoms with Gasteiger partial charge in [-0.2, -0.15) is 5.10 Å². The van der Waals surface area contributed by atoms with Gasteiger partial charge in [-0.15, -0.1) is 0 Å². The molecule has 0 unspecified atom stereocenters. The number of carbonyl (C=O) groups excluding carboxylic acids is 1. The summed E-state index contributed by atoms with van der Waals surface area (Å²) in [4.78, 5) is 19.7. The highest BCUT2D eigenvalue weighted by Gasteiger charge is 2.31. The summed E-state index contributed by atoms with van der Waals surface area (Å²) in [6, 6.07) is 13.6. The highest BCUT2D eigenvalue weighted by molar-refractivity contribution is 5.94. The van der Waals surface area contributed by atoms with Gasteiger partial charge in [-0.05, 0) is 60.7 Å². The molecular formula is C25H30N4O3. The highest BCUT2D eigenvalue weighted by Crippen LogP contribution is 2.32. The first kappa shape index (κ1) is 21.9. The molecule has 0 aliphatic heterocycles. The smallest absolute Gasteiger partial charge is 0.254 e. The Morgan fingerprint density at radius 1 is 1.06 bits per heavy atom. The average molecular weight is 435 g/mol. The lowest BCUT2D eigenvalue weighted by Crippen LogP contribution is -2.44. The van der Waals surface area contributed by atoms with Crippen molar-refractivity contribution in [1.82, 2.24) is 19.7 Å². The van der Waals surface area contributed by atoms with Gasteiger partial charge in [-0.3, -0.25) is 4.79 Å². The number of hydrogen-bond acceptors (Lipinski definition) is 5. The second-order valence-electron chi connectivity index (χ2n) is 8.34. The van der Waals surface area contributed by atoms with Crippen LogP contribution in [0.4, 0.5) is 0 Å². The Morgan fingerprint density at radius 3 is 2.47 bits per heavy atom. The lowest BCUT2D eigenvalue weighted by Gasteiger charge is -2.39. The fourth-order valence-electron chi connectivity index (χ4n) is 4.54. The maximum atomic E-state index is 13.7. The van der Waals surface area contributed by atoms with E-state index in [2.05, 4.69) is 17.0 Å². The van der Waals surface area contributed by atoms with E-state index in [1.807, 2.05) is 47.4 Å². The summed E-state index contributed by atoms with van der Waals surface area (Å²) in [5, 5.41) is 4.15. The quantitative estimate of drug-likeness (QED) is 0.547. The zero-order valence-electron chi connectivity index (χ0n) is 18.9. The van der Waals surface area contributed by atoms with Gasteiger partial charge in [0.25, 0.3) is 5.91 Å². The molecule has 32 heavy (non-hydrogen) atoms. The van der Waals surface area contributed by atoms with Gasteiger partial charge in [-0.1, -0.05) is 25.8 Å². The molecule has 4 rings (SSSR count). The van der Waals surface area contributed by atoms with E-state index < -0.39 is 0 Å². The van der Waals surface area contributed by atoms with E-state index in [1.165, 1.54) is 12.7 Å². The normalized spacial score (nSPS) is 18.2. The first-order valence-corrected chi connectivity index (χ1v) is 11.1. The van der Waals surface area contributed by atoms with Gasteiger partial charge in [0, 0.05) is 18.2 Å². The second kappa shape index (κ2) is 9.85. The third-order valence-electron chi connectivity index (χ3n) is 6.33. The molecule has 2 atom stereocenters. The first-order valence-electron chi connectivity index (χ1n) is 11.1. The Kier molecular flexibility index (Phi) is 6.73. The highest BCUT2D eigenvalue weighted by atomic mass is 16.5. The fraction of sp³-hybridized carbons (Fsp3) is 0.400. The number of benzene rings is 2. The zero-order chi connectivity index (χ0) is 22.5. The molecule has 1 aliphatic carbocycles. The van der Waals surface area contributed by atoms with Crippen LogP contribution in [0.5, 0.6) is 11.5 Å². The van der Waals surface area contributed by atoms with Crippen LogP contribution in [-0.2, 0) is 6.54 Å². The van der Waals surface area contributed by atoms with Gasteiger partial charge in [0.1, 0.15) is 12.7 Å². The third kappa shape index (κ3) is 4.61. The van der Waals surface area contributed by atoms with Crippen LogP contribution < -0.4 is 9.47 Å². The molecule has 1 fully saturated rings. The standard InChI is InChI=1S/C25H30N4O3/c1-18-6-4-5-7-22(18)28(15-19-8-13-23(31-2)24(14-19)32-3)25(30)20-9-11-21(12-10-20)29-17-26-16-27-29/h8-14,16-18,22H,4-7,15H2,1-3H3/t18-,22-/m0/s1. The molecular weight excluding hydrogens is 404 g/mol. The number of ether oxygens (including phenoxy) is 2. The molecule has 0 radical (unpaired) electrons. The Balaban J connectivity index is 1.62. The van der Waals surface area contributed by atoms with Gasteiger partial charge >= 0.3 is 0 Å². The van der Waals surface area contributed by atoms with E-state index in [-0.39, 0.29) is 11.9 Å². The lowest BCUT2D eigenvalue weighted by molar-refractivity contribution is 0.0528. The van der Waals surface area contributed by atoms with E-state index in [4.69, 9.17) is 9.47 Å². The molecule has 0 bridgehead atoms. The lowest BCUT2D eigenvalue weighted by atomic mass is 9.84. The molecule has 168 valence electrons. The van der Waals surface area contributed by atoms with Crippen LogP contribution in [-0.4, -0.2) is 45.8 Å². The largest absolute Gasteiger partial charge is 0.493 e. The Bertz CT molecular complexity index is 1030. The number of carbonyl (C=O) groups is 1. The molecule has 1 aliphatic rings. The molecule has 7 heteroatoms. The number of methoxy groups -OCH3 is 2. The van der Waals surface area contributed by atoms with Crippen molar-refractivity contribution in [3.8, 4) is 17.2 Å². The predicted molar refractivity (Wildman–Crippen MR) is 122 cm³/mol. The minimum Gasteiger partial charge on any atom is -0.493 e. The summed E-state index contributed by atoms with van der Waals surface area (Å²) in [5.41, 5.74) is 2.57. The summed E-state index contributed by atoms with van der Waals surface area (Å²) < 4.78 is 12.5. The number of nitrogens with zero attached hydrogens (tertiary/aromatic N) is 4. The van der Waals surface area contributed by atoms with E-state index in [1.54, 1.807) is 25.2 Å². The number of hydrogen-bond donors (Lipinski definition) is 0. The molecule has 7 nitrogen and oxygen atoms in total. The predicted octanol–water partition coefficient (Wildman–Crippen LogP) is 4.51. The summed E-state index contributed by atoms with van der Waals surface area (Å²) in [5.74, 6) is 1.86. The van der Waals surface area contributed by atoms with Crippen molar-refractivity contribution in [3.05, 3.63) is 66.2 Å². The SMILES string of the molecule is COc1ccc(CN(C(=O)c2ccc(-n3cncn3)cc2)[C@H]2CCCC[C@@H]2C)cc1OC. The van der Waals surface area contributed by atoms with Crippen LogP contribution in [0.15, 0.2) is 55.1 Å². The summed E-state index contributed by atoms with van der Waals surface area (Å²) in [6.07, 6.45) is 7.68. The van der Waals surface area contributed by atoms with Crippen molar-refractivity contribution in [2.75, 3.05) is 14.2 Å². The number of aromatic nitrogens is 3. The van der Waals surface area contributed by atoms with Gasteiger partial charge < -0.3 is 14.4 Å². The second-order valence-corrected chi connectivity index (χ2v) is 8.34. The van der Waals surface area contributed by atoms with Gasteiger partial charge in [0.2, 0.25) is 0 Å². The maximum absolute atomic E-state index is 13.7. The Hall–Kier alpha value is -3.35. The van der Waals surface area contributed by atoms with Crippen LogP contribution in [0.25, 0.3) is 5.69 Å². The number of rotatable bonds is 7. The monoisotopic (exact) mass is 434 g/mol. The summed E-state index contributed by atoms with van der Waals surface area (Å²) in [7, 11) is 3.25. The molecule has 0 N–H and O–H groups in total. The minimum atomic E-state index is 0.0451. The molecule has 2 aromatic carbocycles. The van der Waals surface area contributed by atoms with Crippen molar-refractivity contribution in [2.45, 2.75) is 45.2 Å². The van der Waals surface area contributed by atoms with Crippen LogP contribution in [0.2, 0.25) is 0 Å². The van der Waals surface area contributed by atoms with E-state index in [9.17, 15) is 4.79 Å². The Morgan fingerprint density at radius 2 is 1.81 bits per heavy atom. The van der Waals surface area contributed by atoms with Crippen LogP contribution in [0.1, 0.15) is 48.5 Å². The first-order chi connectivity index (χ1) is 15.6. The van der Waals surface area contributed by atoms with Crippen LogP contribution in [0.3, 0.4) is 0 Å². The minimum absolute atomic E-state index is 0.0451. The summed E-state index contributed by atoms with van der Waals surface area (Å²) in [6.45, 7) is 2.78. The van der Waals surface area contributed by atoms with Crippen LogP contribution >= 0.6 is 0 Å². The third-order valence-corrected chi connectivity index (χ3v) is 6.33. The molecule has 0 saturated heterocycles. The average Bonchev–Trinajstić information content (AvgIpc) is 3.38. The molecule has 1 heterocycles. The molecule has 3 aromatic rings. The molecule has 1 amide bonds. The van der Waals surface area contributed by atoms with Crippen molar-refractivity contribution in [2.24, 2.45) is 5.92 Å².